The molecule has 0 saturated carbocycles. The molecule has 4 rings (SSSR count). The summed E-state index contributed by atoms with van der Waals surface area (Å²) < 4.78 is 3.29. The predicted molar refractivity (Wildman–Crippen MR) is 128 cm³/mol. The van der Waals surface area contributed by atoms with Crippen molar-refractivity contribution in [3.8, 4) is 11.3 Å². The second-order valence-corrected chi connectivity index (χ2v) is 11.3. The Hall–Kier alpha value is -1.86. The number of halogens is 1. The van der Waals surface area contributed by atoms with Crippen molar-refractivity contribution >= 4 is 17.5 Å². The number of nitrogens with zero attached hydrogens (tertiary/aromatic N) is 6. The summed E-state index contributed by atoms with van der Waals surface area (Å²) in [5.41, 5.74) is 2.70. The van der Waals surface area contributed by atoms with Gasteiger partial charge in [0, 0.05) is 38.9 Å². The van der Waals surface area contributed by atoms with E-state index in [-0.39, 0.29) is 5.91 Å². The van der Waals surface area contributed by atoms with Crippen LogP contribution in [0.15, 0.2) is 12.4 Å². The van der Waals surface area contributed by atoms with E-state index in [0.717, 1.165) is 31.5 Å². The minimum atomic E-state index is -0.0144. The van der Waals surface area contributed by atoms with Crippen LogP contribution in [0.4, 0.5) is 0 Å². The molecule has 2 aromatic heterocycles. The molecule has 32 heavy (non-hydrogen) atoms. The number of hydrogen-bond donors (Lipinski definition) is 0. The molecule has 0 unspecified atom stereocenters. The summed E-state index contributed by atoms with van der Waals surface area (Å²) in [6.45, 7) is 12.1. The zero-order valence-corrected chi connectivity index (χ0v) is 21.0. The van der Waals surface area contributed by atoms with Gasteiger partial charge in [-0.15, -0.1) is 0 Å². The largest absolute Gasteiger partial charge is 0.338 e. The maximum atomic E-state index is 13.5. The van der Waals surface area contributed by atoms with Gasteiger partial charge >= 0.3 is 0 Å². The highest BCUT2D eigenvalue weighted by Crippen LogP contribution is 2.42. The van der Waals surface area contributed by atoms with Gasteiger partial charge in [0.05, 0.1) is 6.20 Å². The molecule has 2 aliphatic heterocycles. The standard InChI is InChI=1S/C24H37ClN6O/c1-23(2,3)6-11-30-12-7-24(8-13-30)9-14-31(15-10-24)22(32)19-20(27-29(5)21(19)25)18-16-26-28(4)17-18/h16-17H,6-15H2,1-5H3. The number of piperidine rings is 2. The number of hydrogen-bond acceptors (Lipinski definition) is 4. The van der Waals surface area contributed by atoms with E-state index in [1.54, 1.807) is 22.6 Å². The minimum Gasteiger partial charge on any atom is -0.338 e. The van der Waals surface area contributed by atoms with Crippen LogP contribution in [0.1, 0.15) is 63.2 Å². The van der Waals surface area contributed by atoms with Crippen LogP contribution in [-0.2, 0) is 14.1 Å². The molecule has 2 saturated heterocycles. The topological polar surface area (TPSA) is 59.2 Å². The zero-order valence-electron chi connectivity index (χ0n) is 20.2. The van der Waals surface area contributed by atoms with Crippen molar-refractivity contribution in [1.29, 1.82) is 0 Å². The van der Waals surface area contributed by atoms with Crippen LogP contribution in [0.5, 0.6) is 0 Å². The molecule has 176 valence electrons. The Morgan fingerprint density at radius 2 is 1.72 bits per heavy atom. The molecule has 4 heterocycles. The maximum Gasteiger partial charge on any atom is 0.259 e. The second-order valence-electron chi connectivity index (χ2n) is 11.0. The summed E-state index contributed by atoms with van der Waals surface area (Å²) in [4.78, 5) is 18.1. The third-order valence-corrected chi connectivity index (χ3v) is 7.81. The summed E-state index contributed by atoms with van der Waals surface area (Å²) in [7, 11) is 3.63. The smallest absolute Gasteiger partial charge is 0.259 e. The lowest BCUT2D eigenvalue weighted by atomic mass is 9.71. The van der Waals surface area contributed by atoms with Crippen molar-refractivity contribution in [3.63, 3.8) is 0 Å². The molecule has 7 nitrogen and oxygen atoms in total. The molecule has 2 aliphatic rings. The summed E-state index contributed by atoms with van der Waals surface area (Å²) in [5.74, 6) is -0.0144. The van der Waals surface area contributed by atoms with Gasteiger partial charge in [0.15, 0.2) is 0 Å². The van der Waals surface area contributed by atoms with Crippen LogP contribution in [0.25, 0.3) is 11.3 Å². The molecule has 1 amide bonds. The third kappa shape index (κ3) is 4.88. The van der Waals surface area contributed by atoms with E-state index >= 15 is 0 Å². The van der Waals surface area contributed by atoms with Gasteiger partial charge in [0.2, 0.25) is 0 Å². The highest BCUT2D eigenvalue weighted by Gasteiger charge is 2.39. The van der Waals surface area contributed by atoms with Crippen LogP contribution in [-0.4, -0.2) is 68.0 Å². The van der Waals surface area contributed by atoms with Gasteiger partial charge in [-0.1, -0.05) is 32.4 Å². The molecule has 8 heteroatoms. The van der Waals surface area contributed by atoms with E-state index in [1.165, 1.54) is 38.9 Å². The first-order chi connectivity index (χ1) is 15.1. The van der Waals surface area contributed by atoms with Gasteiger partial charge in [-0.25, -0.2) is 0 Å². The number of rotatable bonds is 4. The molecule has 0 bridgehead atoms. The maximum absolute atomic E-state index is 13.5. The predicted octanol–water partition coefficient (Wildman–Crippen LogP) is 4.23. The fourth-order valence-electron chi connectivity index (χ4n) is 5.03. The van der Waals surface area contributed by atoms with Crippen molar-refractivity contribution in [2.75, 3.05) is 32.7 Å². The number of aromatic nitrogens is 4. The highest BCUT2D eigenvalue weighted by molar-refractivity contribution is 6.33. The molecule has 0 aromatic carbocycles. The van der Waals surface area contributed by atoms with Crippen molar-refractivity contribution in [2.45, 2.75) is 52.9 Å². The Bertz CT molecular complexity index is 954. The first-order valence-electron chi connectivity index (χ1n) is 11.8. The first kappa shape index (κ1) is 23.3. The first-order valence-corrected chi connectivity index (χ1v) is 12.2. The number of aryl methyl sites for hydroxylation is 2. The van der Waals surface area contributed by atoms with Crippen molar-refractivity contribution in [3.05, 3.63) is 23.1 Å². The summed E-state index contributed by atoms with van der Waals surface area (Å²) in [5, 5.41) is 9.13. The molecular formula is C24H37ClN6O. The average Bonchev–Trinajstić information content (AvgIpc) is 3.30. The van der Waals surface area contributed by atoms with Crippen molar-refractivity contribution in [1.82, 2.24) is 29.4 Å². The summed E-state index contributed by atoms with van der Waals surface area (Å²) >= 11 is 6.52. The number of likely N-dealkylation sites (tertiary alicyclic amines) is 2. The molecule has 1 spiro atoms. The van der Waals surface area contributed by atoms with Gasteiger partial charge in [0.1, 0.15) is 16.4 Å². The Morgan fingerprint density at radius 1 is 1.09 bits per heavy atom. The molecule has 0 atom stereocenters. The van der Waals surface area contributed by atoms with Gasteiger partial charge in [0.25, 0.3) is 5.91 Å². The van der Waals surface area contributed by atoms with Crippen molar-refractivity contribution < 1.29 is 4.79 Å². The van der Waals surface area contributed by atoms with Gasteiger partial charge in [-0.05, 0) is 62.6 Å². The van der Waals surface area contributed by atoms with E-state index in [4.69, 9.17) is 11.6 Å². The van der Waals surface area contributed by atoms with E-state index in [0.29, 0.717) is 27.2 Å². The van der Waals surface area contributed by atoms with E-state index in [9.17, 15) is 4.79 Å². The molecule has 0 radical (unpaired) electrons. The fraction of sp³-hybridized carbons (Fsp3) is 0.708. The molecule has 2 aromatic rings. The van der Waals surface area contributed by atoms with E-state index < -0.39 is 0 Å². The number of carbonyl (C=O) groups excluding carboxylic acids is 1. The van der Waals surface area contributed by atoms with Crippen LogP contribution in [0.2, 0.25) is 5.15 Å². The SMILES string of the molecule is Cn1cc(-c2nn(C)c(Cl)c2C(=O)N2CCC3(CCN(CCC(C)(C)C)CC3)CC2)cn1. The Kier molecular flexibility index (Phi) is 6.43. The van der Waals surface area contributed by atoms with Gasteiger partial charge in [-0.3, -0.25) is 14.2 Å². The van der Waals surface area contributed by atoms with Crippen LogP contribution >= 0.6 is 11.6 Å². The quantitative estimate of drug-likeness (QED) is 0.685. The lowest BCUT2D eigenvalue weighted by Crippen LogP contribution is -2.48. The Morgan fingerprint density at radius 3 is 2.28 bits per heavy atom. The zero-order chi connectivity index (χ0) is 23.1. The number of carbonyl (C=O) groups is 1. The monoisotopic (exact) mass is 460 g/mol. The molecule has 2 fully saturated rings. The Labute approximate surface area is 196 Å². The third-order valence-electron chi connectivity index (χ3n) is 7.38. The molecule has 0 N–H and O–H groups in total. The van der Waals surface area contributed by atoms with E-state index in [2.05, 4.69) is 35.9 Å². The van der Waals surface area contributed by atoms with Crippen LogP contribution in [0.3, 0.4) is 0 Å². The molecule has 0 aliphatic carbocycles. The van der Waals surface area contributed by atoms with Crippen LogP contribution < -0.4 is 0 Å². The lowest BCUT2D eigenvalue weighted by molar-refractivity contribution is 0.0283. The van der Waals surface area contributed by atoms with Gasteiger partial charge < -0.3 is 9.80 Å². The van der Waals surface area contributed by atoms with E-state index in [1.807, 2.05) is 18.1 Å². The summed E-state index contributed by atoms with van der Waals surface area (Å²) in [6, 6.07) is 0. The molecular weight excluding hydrogens is 424 g/mol. The second kappa shape index (κ2) is 8.82. The average molecular weight is 461 g/mol. The van der Waals surface area contributed by atoms with Crippen molar-refractivity contribution in [2.24, 2.45) is 24.9 Å². The van der Waals surface area contributed by atoms with Gasteiger partial charge in [-0.2, -0.15) is 10.2 Å². The summed E-state index contributed by atoms with van der Waals surface area (Å²) in [6.07, 6.45) is 9.48. The minimum absolute atomic E-state index is 0.0144. The lowest BCUT2D eigenvalue weighted by Gasteiger charge is -2.47. The Balaban J connectivity index is 1.39. The van der Waals surface area contributed by atoms with Crippen LogP contribution in [0, 0.1) is 10.8 Å². The highest BCUT2D eigenvalue weighted by atomic mass is 35.5. The fourth-order valence-corrected chi connectivity index (χ4v) is 5.23. The normalized spacial score (nSPS) is 19.6. The number of amides is 1.